The largest absolute Gasteiger partial charge is 0.460 e. The molecular weight excluding hydrogens is 535 g/mol. The first-order valence-corrected chi connectivity index (χ1v) is 13.2. The van der Waals surface area contributed by atoms with Crippen LogP contribution in [0.5, 0.6) is 0 Å². The molecule has 1 saturated heterocycles. The number of para-hydroxylation sites is 1. The Morgan fingerprint density at radius 3 is 2.44 bits per heavy atom. The van der Waals surface area contributed by atoms with E-state index in [1.807, 2.05) is 30.3 Å². The first-order chi connectivity index (χ1) is 19.7. The monoisotopic (exact) mass is 563 g/mol. The van der Waals surface area contributed by atoms with Gasteiger partial charge < -0.3 is 19.7 Å². The fraction of sp³-hybridized carbons (Fsp3) is 0.258. The average molecular weight is 564 g/mol. The summed E-state index contributed by atoms with van der Waals surface area (Å²) in [6.07, 6.45) is -2.14. The number of hydrogen-bond acceptors (Lipinski definition) is 7. The van der Waals surface area contributed by atoms with Crippen LogP contribution in [0.15, 0.2) is 79.0 Å². The van der Waals surface area contributed by atoms with Gasteiger partial charge in [0.1, 0.15) is 6.10 Å². The van der Waals surface area contributed by atoms with Gasteiger partial charge in [0.15, 0.2) is 6.61 Å². The van der Waals surface area contributed by atoms with Gasteiger partial charge >= 0.3 is 18.1 Å². The van der Waals surface area contributed by atoms with Crippen molar-refractivity contribution >= 4 is 34.2 Å². The zero-order valence-electron chi connectivity index (χ0n) is 22.3. The van der Waals surface area contributed by atoms with Crippen molar-refractivity contribution in [1.29, 1.82) is 0 Å². The molecule has 7 nitrogen and oxygen atoms in total. The van der Waals surface area contributed by atoms with Crippen molar-refractivity contribution in [2.24, 2.45) is 0 Å². The summed E-state index contributed by atoms with van der Waals surface area (Å²) in [5.74, 6) is -1.40. The number of benzene rings is 3. The number of pyridine rings is 1. The number of aromatic nitrogens is 1. The predicted molar refractivity (Wildman–Crippen MR) is 149 cm³/mol. The summed E-state index contributed by atoms with van der Waals surface area (Å²) >= 11 is 0. The molecule has 0 unspecified atom stereocenters. The zero-order valence-corrected chi connectivity index (χ0v) is 22.3. The van der Waals surface area contributed by atoms with Crippen LogP contribution < -0.4 is 10.2 Å². The molecule has 1 aromatic heterocycles. The van der Waals surface area contributed by atoms with Crippen LogP contribution >= 0.6 is 0 Å². The SMILES string of the molecule is CN(c1cc(-c2ccccc2)ccc1C(=O)OCC(=O)OC1CCNCC1)c1ccnc2c(C(F)(F)F)cccc12. The molecule has 0 bridgehead atoms. The molecule has 5 rings (SSSR count). The number of carbonyl (C=O) groups excluding carboxylic acids is 2. The maximum absolute atomic E-state index is 13.7. The van der Waals surface area contributed by atoms with Crippen LogP contribution in [0, 0.1) is 0 Å². The Morgan fingerprint density at radius 2 is 1.71 bits per heavy atom. The van der Waals surface area contributed by atoms with E-state index in [9.17, 15) is 22.8 Å². The molecular formula is C31H28F3N3O4. The van der Waals surface area contributed by atoms with Crippen molar-refractivity contribution in [1.82, 2.24) is 10.3 Å². The number of anilines is 2. The number of ether oxygens (including phenoxy) is 2. The summed E-state index contributed by atoms with van der Waals surface area (Å²) in [5.41, 5.74) is 1.54. The fourth-order valence-electron chi connectivity index (χ4n) is 4.94. The van der Waals surface area contributed by atoms with Crippen LogP contribution in [-0.4, -0.2) is 49.8 Å². The van der Waals surface area contributed by atoms with Crippen LogP contribution in [0.3, 0.4) is 0 Å². The molecule has 0 atom stereocenters. The zero-order chi connectivity index (χ0) is 29.0. The van der Waals surface area contributed by atoms with E-state index in [1.165, 1.54) is 12.3 Å². The number of nitrogens with zero attached hydrogens (tertiary/aromatic N) is 2. The number of rotatable bonds is 7. The Bertz CT molecular complexity index is 1550. The van der Waals surface area contributed by atoms with Gasteiger partial charge in [-0.3, -0.25) is 4.98 Å². The van der Waals surface area contributed by atoms with Gasteiger partial charge in [-0.1, -0.05) is 48.5 Å². The maximum Gasteiger partial charge on any atom is 0.418 e. The number of halogens is 3. The van der Waals surface area contributed by atoms with E-state index in [1.54, 1.807) is 42.3 Å². The summed E-state index contributed by atoms with van der Waals surface area (Å²) in [7, 11) is 1.65. The first kappa shape index (κ1) is 28.1. The van der Waals surface area contributed by atoms with Gasteiger partial charge in [0, 0.05) is 18.6 Å². The number of carbonyl (C=O) groups is 2. The second-order valence-corrected chi connectivity index (χ2v) is 9.70. The minimum absolute atomic E-state index is 0.138. The molecule has 0 radical (unpaired) electrons. The van der Waals surface area contributed by atoms with Crippen molar-refractivity contribution < 1.29 is 32.2 Å². The van der Waals surface area contributed by atoms with Crippen LogP contribution in [0.1, 0.15) is 28.8 Å². The standard InChI is InChI=1S/C31H28F3N3O4/c1-37(26-14-17-36-29-23(26)8-5-9-25(29)31(32,33)34)27-18-21(20-6-3-2-4-7-20)10-11-24(27)30(39)40-19-28(38)41-22-12-15-35-16-13-22/h2-11,14,17-18,22,35H,12-13,15-16,19H2,1H3. The number of esters is 2. The Balaban J connectivity index is 1.49. The highest BCUT2D eigenvalue weighted by atomic mass is 19.4. The van der Waals surface area contributed by atoms with E-state index >= 15 is 0 Å². The second kappa shape index (κ2) is 12.0. The van der Waals surface area contributed by atoms with Gasteiger partial charge in [0.25, 0.3) is 0 Å². The molecule has 1 aliphatic heterocycles. The second-order valence-electron chi connectivity index (χ2n) is 9.70. The van der Waals surface area contributed by atoms with Crippen LogP contribution in [0.2, 0.25) is 0 Å². The Kier molecular flexibility index (Phi) is 8.21. The van der Waals surface area contributed by atoms with Gasteiger partial charge in [-0.2, -0.15) is 13.2 Å². The summed E-state index contributed by atoms with van der Waals surface area (Å²) in [6, 6.07) is 20.0. The normalized spacial score (nSPS) is 14.0. The number of hydrogen-bond donors (Lipinski definition) is 1. The lowest BCUT2D eigenvalue weighted by Gasteiger charge is -2.25. The number of fused-ring (bicyclic) bond motifs is 1. The topological polar surface area (TPSA) is 80.8 Å². The molecule has 41 heavy (non-hydrogen) atoms. The molecule has 0 saturated carbocycles. The molecule has 212 valence electrons. The van der Waals surface area contributed by atoms with E-state index in [-0.39, 0.29) is 22.6 Å². The molecule has 10 heteroatoms. The lowest BCUT2D eigenvalue weighted by Crippen LogP contribution is -2.34. The van der Waals surface area contributed by atoms with Crippen LogP contribution in [-0.2, 0) is 20.4 Å². The molecule has 4 aromatic rings. The van der Waals surface area contributed by atoms with Crippen molar-refractivity contribution in [3.05, 3.63) is 90.1 Å². The molecule has 0 amide bonds. The minimum atomic E-state index is -4.59. The summed E-state index contributed by atoms with van der Waals surface area (Å²) in [6.45, 7) is 0.935. The highest BCUT2D eigenvalue weighted by molar-refractivity contribution is 6.02. The lowest BCUT2D eigenvalue weighted by molar-refractivity contribution is -0.153. The fourth-order valence-corrected chi connectivity index (χ4v) is 4.94. The third-order valence-corrected chi connectivity index (χ3v) is 7.01. The van der Waals surface area contributed by atoms with Crippen molar-refractivity contribution in [3.63, 3.8) is 0 Å². The van der Waals surface area contributed by atoms with Gasteiger partial charge in [-0.25, -0.2) is 9.59 Å². The molecule has 2 heterocycles. The van der Waals surface area contributed by atoms with Crippen molar-refractivity contribution in [2.75, 3.05) is 31.6 Å². The molecule has 3 aromatic carbocycles. The number of piperidine rings is 1. The smallest absolute Gasteiger partial charge is 0.418 e. The maximum atomic E-state index is 13.7. The van der Waals surface area contributed by atoms with E-state index in [2.05, 4.69) is 10.3 Å². The third kappa shape index (κ3) is 6.33. The van der Waals surface area contributed by atoms with Gasteiger partial charge in [0.2, 0.25) is 0 Å². The van der Waals surface area contributed by atoms with Crippen molar-refractivity contribution in [2.45, 2.75) is 25.1 Å². The summed E-state index contributed by atoms with van der Waals surface area (Å²) in [5, 5.41) is 3.45. The molecule has 1 aliphatic rings. The highest BCUT2D eigenvalue weighted by Crippen LogP contribution is 2.39. The minimum Gasteiger partial charge on any atom is -0.460 e. The Labute approximate surface area is 234 Å². The van der Waals surface area contributed by atoms with Crippen molar-refractivity contribution in [3.8, 4) is 11.1 Å². The van der Waals surface area contributed by atoms with E-state index < -0.39 is 30.3 Å². The molecule has 0 spiro atoms. The van der Waals surface area contributed by atoms with E-state index in [0.717, 1.165) is 30.3 Å². The Hall–Kier alpha value is -4.44. The Morgan fingerprint density at radius 1 is 0.951 bits per heavy atom. The first-order valence-electron chi connectivity index (χ1n) is 13.2. The quantitative estimate of drug-likeness (QED) is 0.271. The average Bonchev–Trinajstić information content (AvgIpc) is 2.99. The van der Waals surface area contributed by atoms with Gasteiger partial charge in [-0.05, 0) is 61.3 Å². The summed E-state index contributed by atoms with van der Waals surface area (Å²) in [4.78, 5) is 31.3. The van der Waals surface area contributed by atoms with Gasteiger partial charge in [-0.15, -0.1) is 0 Å². The van der Waals surface area contributed by atoms with E-state index in [4.69, 9.17) is 9.47 Å². The number of nitrogens with one attached hydrogen (secondary N) is 1. The summed E-state index contributed by atoms with van der Waals surface area (Å²) < 4.78 is 51.9. The van der Waals surface area contributed by atoms with Crippen LogP contribution in [0.4, 0.5) is 24.5 Å². The number of alkyl halides is 3. The predicted octanol–water partition coefficient (Wildman–Crippen LogP) is 6.14. The lowest BCUT2D eigenvalue weighted by atomic mass is 10.0. The van der Waals surface area contributed by atoms with Crippen LogP contribution in [0.25, 0.3) is 22.0 Å². The molecule has 1 fully saturated rings. The van der Waals surface area contributed by atoms with Gasteiger partial charge in [0.05, 0.1) is 28.0 Å². The third-order valence-electron chi connectivity index (χ3n) is 7.01. The highest BCUT2D eigenvalue weighted by Gasteiger charge is 2.33. The van der Waals surface area contributed by atoms with E-state index in [0.29, 0.717) is 24.2 Å². The molecule has 0 aliphatic carbocycles. The molecule has 1 N–H and O–H groups in total.